The van der Waals surface area contributed by atoms with Crippen molar-refractivity contribution < 1.29 is 13.6 Å². The van der Waals surface area contributed by atoms with Gasteiger partial charge in [0.05, 0.1) is 0 Å². The van der Waals surface area contributed by atoms with Gasteiger partial charge in [-0.05, 0) is 18.4 Å². The summed E-state index contributed by atoms with van der Waals surface area (Å²) in [6, 6.07) is 6.84. The van der Waals surface area contributed by atoms with E-state index in [1.54, 1.807) is 24.3 Å². The van der Waals surface area contributed by atoms with Crippen LogP contribution in [0.4, 0.5) is 0 Å². The Kier molecular flexibility index (Phi) is 5.16. The van der Waals surface area contributed by atoms with Crippen molar-refractivity contribution in [2.75, 3.05) is 13.1 Å². The van der Waals surface area contributed by atoms with Gasteiger partial charge in [-0.1, -0.05) is 35.8 Å². The number of amidine groups is 1. The Morgan fingerprint density at radius 2 is 1.86 bits per heavy atom. The highest BCUT2D eigenvalue weighted by Gasteiger charge is 2.23. The molecule has 0 amide bonds. The van der Waals surface area contributed by atoms with Gasteiger partial charge in [-0.3, -0.25) is 0 Å². The smallest absolute Gasteiger partial charge is 0.279 e. The minimum absolute atomic E-state index is 0.0236. The third kappa shape index (κ3) is 4.16. The Morgan fingerprint density at radius 3 is 2.43 bits per heavy atom. The molecule has 1 fully saturated rings. The van der Waals surface area contributed by atoms with Crippen LogP contribution in [0.1, 0.15) is 30.4 Å². The van der Waals surface area contributed by atoms with E-state index in [4.69, 9.17) is 10.9 Å². The molecule has 0 unspecified atom stereocenters. The average Bonchev–Trinajstić information content (AvgIpc) is 2.53. The van der Waals surface area contributed by atoms with E-state index in [-0.39, 0.29) is 12.4 Å². The lowest BCUT2D eigenvalue weighted by atomic mass is 10.1. The average molecular weight is 312 g/mol. The maximum atomic E-state index is 12.1. The SMILES string of the molecule is NC(=NO)c1ccc(CNS(=O)(=O)N2CCCCC2)cc1. The molecule has 0 radical (unpaired) electrons. The van der Waals surface area contributed by atoms with Crippen LogP contribution in [0.2, 0.25) is 0 Å². The van der Waals surface area contributed by atoms with Crippen LogP contribution in [0, 0.1) is 0 Å². The number of hydrogen-bond donors (Lipinski definition) is 3. The fraction of sp³-hybridized carbons (Fsp3) is 0.462. The van der Waals surface area contributed by atoms with Crippen LogP contribution in [-0.4, -0.2) is 36.9 Å². The van der Waals surface area contributed by atoms with E-state index in [0.29, 0.717) is 18.7 Å². The van der Waals surface area contributed by atoms with Gasteiger partial charge in [-0.2, -0.15) is 17.4 Å². The molecule has 0 aromatic heterocycles. The summed E-state index contributed by atoms with van der Waals surface area (Å²) in [5, 5.41) is 11.5. The molecular formula is C13H20N4O3S. The van der Waals surface area contributed by atoms with Gasteiger partial charge in [0, 0.05) is 25.2 Å². The number of oxime groups is 1. The summed E-state index contributed by atoms with van der Waals surface area (Å²) in [4.78, 5) is 0. The predicted molar refractivity (Wildman–Crippen MR) is 80.1 cm³/mol. The van der Waals surface area contributed by atoms with Gasteiger partial charge in [0.1, 0.15) is 0 Å². The fourth-order valence-electron chi connectivity index (χ4n) is 2.22. The highest BCUT2D eigenvalue weighted by Crippen LogP contribution is 2.12. The Balaban J connectivity index is 1.96. The maximum absolute atomic E-state index is 12.1. The van der Waals surface area contributed by atoms with Crippen molar-refractivity contribution in [1.82, 2.24) is 9.03 Å². The van der Waals surface area contributed by atoms with Gasteiger partial charge in [0.15, 0.2) is 5.84 Å². The van der Waals surface area contributed by atoms with Gasteiger partial charge in [0.25, 0.3) is 10.2 Å². The topological polar surface area (TPSA) is 108 Å². The molecule has 4 N–H and O–H groups in total. The Morgan fingerprint density at radius 1 is 1.24 bits per heavy atom. The van der Waals surface area contributed by atoms with E-state index >= 15 is 0 Å². The van der Waals surface area contributed by atoms with Gasteiger partial charge in [0.2, 0.25) is 0 Å². The normalized spacial score (nSPS) is 17.8. The van der Waals surface area contributed by atoms with Gasteiger partial charge in [-0.15, -0.1) is 0 Å². The van der Waals surface area contributed by atoms with Crippen LogP contribution in [0.15, 0.2) is 29.4 Å². The molecule has 0 aliphatic carbocycles. The Hall–Kier alpha value is -1.64. The lowest BCUT2D eigenvalue weighted by Crippen LogP contribution is -2.43. The number of nitrogens with one attached hydrogen (secondary N) is 1. The van der Waals surface area contributed by atoms with Crippen molar-refractivity contribution in [3.05, 3.63) is 35.4 Å². The summed E-state index contributed by atoms with van der Waals surface area (Å²) in [5.74, 6) is 0.0236. The largest absolute Gasteiger partial charge is 0.409 e. The molecule has 1 saturated heterocycles. The summed E-state index contributed by atoms with van der Waals surface area (Å²) >= 11 is 0. The molecular weight excluding hydrogens is 292 g/mol. The number of rotatable bonds is 5. The van der Waals surface area contributed by atoms with Crippen LogP contribution in [0.3, 0.4) is 0 Å². The summed E-state index contributed by atoms with van der Waals surface area (Å²) in [6.07, 6.45) is 2.91. The quantitative estimate of drug-likeness (QED) is 0.320. The standard InChI is InChI=1S/C13H20N4O3S/c14-13(16-18)12-6-4-11(5-7-12)10-15-21(19,20)17-8-2-1-3-9-17/h4-7,15,18H,1-3,8-10H2,(H2,14,16). The predicted octanol–water partition coefficient (Wildman–Crippen LogP) is 0.601. The first-order valence-electron chi connectivity index (χ1n) is 6.84. The molecule has 116 valence electrons. The minimum Gasteiger partial charge on any atom is -0.409 e. The number of benzene rings is 1. The maximum Gasteiger partial charge on any atom is 0.279 e. The Bertz CT molecular complexity index is 592. The molecule has 7 nitrogen and oxygen atoms in total. The van der Waals surface area contributed by atoms with Crippen molar-refractivity contribution in [3.8, 4) is 0 Å². The zero-order chi connectivity index (χ0) is 15.3. The van der Waals surface area contributed by atoms with Crippen molar-refractivity contribution in [2.45, 2.75) is 25.8 Å². The first-order chi connectivity index (χ1) is 10.0. The zero-order valence-corrected chi connectivity index (χ0v) is 12.5. The van der Waals surface area contributed by atoms with Crippen LogP contribution >= 0.6 is 0 Å². The van der Waals surface area contributed by atoms with Gasteiger partial charge < -0.3 is 10.9 Å². The van der Waals surface area contributed by atoms with E-state index < -0.39 is 10.2 Å². The monoisotopic (exact) mass is 312 g/mol. The van der Waals surface area contributed by atoms with Crippen LogP contribution < -0.4 is 10.5 Å². The summed E-state index contributed by atoms with van der Waals surface area (Å²) in [7, 11) is -3.42. The number of nitrogens with zero attached hydrogens (tertiary/aromatic N) is 2. The zero-order valence-electron chi connectivity index (χ0n) is 11.7. The van der Waals surface area contributed by atoms with Gasteiger partial charge >= 0.3 is 0 Å². The summed E-state index contributed by atoms with van der Waals surface area (Å²) in [5.41, 5.74) is 6.86. The molecule has 1 aliphatic rings. The molecule has 0 bridgehead atoms. The molecule has 1 heterocycles. The van der Waals surface area contributed by atoms with Crippen LogP contribution in [-0.2, 0) is 16.8 Å². The highest BCUT2D eigenvalue weighted by molar-refractivity contribution is 7.87. The summed E-state index contributed by atoms with van der Waals surface area (Å²) < 4.78 is 28.3. The molecule has 0 atom stereocenters. The van der Waals surface area contributed by atoms with Crippen molar-refractivity contribution >= 4 is 16.0 Å². The third-order valence-corrected chi connectivity index (χ3v) is 5.03. The van der Waals surface area contributed by atoms with E-state index in [1.165, 1.54) is 4.31 Å². The van der Waals surface area contributed by atoms with Crippen LogP contribution in [0.5, 0.6) is 0 Å². The molecule has 1 aliphatic heterocycles. The number of nitrogens with two attached hydrogens (primary N) is 1. The second kappa shape index (κ2) is 6.88. The fourth-order valence-corrected chi connectivity index (χ4v) is 3.49. The first kappa shape index (κ1) is 15.7. The molecule has 1 aromatic rings. The molecule has 8 heteroatoms. The van der Waals surface area contributed by atoms with Crippen molar-refractivity contribution in [1.29, 1.82) is 0 Å². The van der Waals surface area contributed by atoms with E-state index in [0.717, 1.165) is 24.8 Å². The Labute approximate surface area is 124 Å². The van der Waals surface area contributed by atoms with E-state index in [1.807, 2.05) is 0 Å². The lowest BCUT2D eigenvalue weighted by Gasteiger charge is -2.25. The molecule has 21 heavy (non-hydrogen) atoms. The molecule has 1 aromatic carbocycles. The number of piperidine rings is 1. The molecule has 0 spiro atoms. The third-order valence-electron chi connectivity index (χ3n) is 3.47. The van der Waals surface area contributed by atoms with Crippen molar-refractivity contribution in [2.24, 2.45) is 10.9 Å². The molecule has 0 saturated carbocycles. The highest BCUT2D eigenvalue weighted by atomic mass is 32.2. The second-order valence-electron chi connectivity index (χ2n) is 4.97. The molecule has 2 rings (SSSR count). The van der Waals surface area contributed by atoms with Crippen LogP contribution in [0.25, 0.3) is 0 Å². The van der Waals surface area contributed by atoms with Gasteiger partial charge in [-0.25, -0.2) is 0 Å². The number of hydrogen-bond acceptors (Lipinski definition) is 4. The first-order valence-corrected chi connectivity index (χ1v) is 8.28. The summed E-state index contributed by atoms with van der Waals surface area (Å²) in [6.45, 7) is 1.38. The van der Waals surface area contributed by atoms with Crippen molar-refractivity contribution in [3.63, 3.8) is 0 Å². The minimum atomic E-state index is -3.42. The second-order valence-corrected chi connectivity index (χ2v) is 6.72. The van der Waals surface area contributed by atoms with E-state index in [2.05, 4.69) is 9.88 Å². The lowest BCUT2D eigenvalue weighted by molar-refractivity contribution is 0.318. The van der Waals surface area contributed by atoms with E-state index in [9.17, 15) is 8.42 Å².